The van der Waals surface area contributed by atoms with Gasteiger partial charge in [-0.1, -0.05) is 154 Å². The largest absolute Gasteiger partial charge is 0.494 e. The van der Waals surface area contributed by atoms with Gasteiger partial charge in [0.1, 0.15) is 54.1 Å². The first-order valence-electron chi connectivity index (χ1n) is 48.7. The molecule has 132 heavy (non-hydrogen) atoms. The van der Waals surface area contributed by atoms with Gasteiger partial charge in [0.15, 0.2) is 25.0 Å². The minimum atomic E-state index is -1.75. The zero-order valence-electron chi connectivity index (χ0n) is 85.5. The van der Waals surface area contributed by atoms with Crippen molar-refractivity contribution in [1.29, 1.82) is 0 Å². The van der Waals surface area contributed by atoms with Crippen molar-refractivity contribution >= 4 is 117 Å². The monoisotopic (exact) mass is 2050 g/mol. The summed E-state index contributed by atoms with van der Waals surface area (Å²) < 4.78 is 69.8. The molecule has 5 saturated carbocycles. The Labute approximate surface area is 814 Å². The molecule has 9 N–H and O–H groups in total. The number of hydrogen-bond acceptors (Lipinski definition) is 24. The second-order valence-electron chi connectivity index (χ2n) is 41.9. The Morgan fingerprint density at radius 2 is 0.667 bits per heavy atom. The highest BCUT2D eigenvalue weighted by Crippen LogP contribution is 2.41. The highest BCUT2D eigenvalue weighted by Gasteiger charge is 2.52. The zero-order chi connectivity index (χ0) is 101. The van der Waals surface area contributed by atoms with Crippen LogP contribution >= 0.6 is 31.9 Å². The van der Waals surface area contributed by atoms with Crippen LogP contribution in [0.5, 0.6) is 11.5 Å². The summed E-state index contributed by atoms with van der Waals surface area (Å²) in [6.45, 7) is 54.7. The Morgan fingerprint density at radius 1 is 0.402 bits per heavy atom. The summed E-state index contributed by atoms with van der Waals surface area (Å²) in [5.74, 6) is -2.38. The van der Waals surface area contributed by atoms with Gasteiger partial charge in [-0.05, 0) is 298 Å². The molecule has 0 aromatic heterocycles. The molecule has 8 atom stereocenters. The van der Waals surface area contributed by atoms with Gasteiger partial charge in [0.05, 0.1) is 59.9 Å². The molecule has 5 aliphatic carbocycles. The van der Waals surface area contributed by atoms with Crippen molar-refractivity contribution in [3.8, 4) is 11.5 Å². The molecular weight excluding hydrogens is 1870 g/mol. The first kappa shape index (κ1) is 125. The van der Waals surface area contributed by atoms with Gasteiger partial charge in [-0.3, -0.25) is 38.4 Å². The quantitative estimate of drug-likeness (QED) is 0.0141. The van der Waals surface area contributed by atoms with Crippen molar-refractivity contribution in [3.05, 3.63) is 53.0 Å². The highest BCUT2D eigenvalue weighted by molar-refractivity contribution is 9.10. The Balaban J connectivity index is 0.000000771. The lowest BCUT2D eigenvalue weighted by molar-refractivity contribution is -0.154. The second-order valence-corrected chi connectivity index (χ2v) is 58.1. The van der Waals surface area contributed by atoms with E-state index in [0.29, 0.717) is 65.1 Å². The normalized spacial score (nSPS) is 18.4. The molecule has 33 heteroatoms. The fraction of sp³-hybridized carbons (Fsp3) is 0.798. The number of alkyl halides is 1. The molecule has 0 spiro atoms. The lowest BCUT2D eigenvalue weighted by Gasteiger charge is -2.36. The molecule has 1 heterocycles. The molecule has 2 aromatic rings. The second kappa shape index (κ2) is 62.9. The predicted molar refractivity (Wildman–Crippen MR) is 537 cm³/mol. The third-order valence-electron chi connectivity index (χ3n) is 26.7. The number of carboxylic acid groups (broad SMARTS) is 3. The molecule has 6 aliphatic rings. The van der Waals surface area contributed by atoms with E-state index in [0.717, 1.165) is 117 Å². The summed E-state index contributed by atoms with van der Waals surface area (Å²) in [5, 5.41) is 43.6. The van der Waals surface area contributed by atoms with Crippen molar-refractivity contribution in [3.63, 3.8) is 0 Å². The van der Waals surface area contributed by atoms with Crippen molar-refractivity contribution in [2.45, 2.75) is 420 Å². The van der Waals surface area contributed by atoms with Crippen LogP contribution in [-0.2, 0) is 84.6 Å². The maximum atomic E-state index is 12.2. The van der Waals surface area contributed by atoms with Crippen LogP contribution in [0.15, 0.2) is 53.0 Å². The summed E-state index contributed by atoms with van der Waals surface area (Å²) in [4.78, 5) is 89.8. The van der Waals surface area contributed by atoms with E-state index in [1.54, 1.807) is 13.8 Å². The number of ether oxygens (including phenoxy) is 7. The summed E-state index contributed by atoms with van der Waals surface area (Å²) in [5.41, 5.74) is 10.6. The summed E-state index contributed by atoms with van der Waals surface area (Å²) in [7, 11) is -5.56. The van der Waals surface area contributed by atoms with Gasteiger partial charge in [-0.25, -0.2) is 0 Å². The van der Waals surface area contributed by atoms with E-state index < -0.39 is 62.1 Å². The van der Waals surface area contributed by atoms with Gasteiger partial charge in [-0.15, -0.1) is 0 Å². The smallest absolute Gasteiger partial charge is 0.494 e. The fourth-order valence-corrected chi connectivity index (χ4v) is 17.2. The number of esters is 5. The summed E-state index contributed by atoms with van der Waals surface area (Å²) in [6, 6.07) is 13.8. The summed E-state index contributed by atoms with van der Waals surface area (Å²) >= 11 is 6.72. The van der Waals surface area contributed by atoms with Crippen LogP contribution in [0.2, 0.25) is 54.4 Å². The van der Waals surface area contributed by atoms with E-state index in [1.807, 2.05) is 104 Å². The van der Waals surface area contributed by atoms with Gasteiger partial charge in [-0.2, -0.15) is 0 Å². The van der Waals surface area contributed by atoms with Crippen molar-refractivity contribution < 1.29 is 120 Å². The predicted octanol–water partition coefficient (Wildman–Crippen LogP) is 20.8. The number of aliphatic hydroxyl groups is 2. The Morgan fingerprint density at radius 3 is 0.939 bits per heavy atom. The average Bonchev–Trinajstić information content (AvgIpc) is 1.62. The van der Waals surface area contributed by atoms with Crippen LogP contribution in [0.3, 0.4) is 0 Å². The van der Waals surface area contributed by atoms with Crippen LogP contribution in [0, 0.1) is 35.5 Å². The van der Waals surface area contributed by atoms with Crippen molar-refractivity contribution in [2.75, 3.05) is 51.6 Å². The summed E-state index contributed by atoms with van der Waals surface area (Å²) in [6.07, 6.45) is 27.5. The number of nitrogens with two attached hydrogens (primary N) is 2. The van der Waals surface area contributed by atoms with E-state index in [9.17, 15) is 38.4 Å². The highest BCUT2D eigenvalue weighted by atomic mass is 79.9. The topological polar surface area (TPSA) is 401 Å². The Hall–Kier alpha value is -4.88. The lowest BCUT2D eigenvalue weighted by Crippen LogP contribution is -2.42. The van der Waals surface area contributed by atoms with Gasteiger partial charge in [0.25, 0.3) is 0 Å². The zero-order valence-corrected chi connectivity index (χ0v) is 91.6. The van der Waals surface area contributed by atoms with E-state index in [2.05, 4.69) is 133 Å². The first-order chi connectivity index (χ1) is 61.3. The molecule has 0 amide bonds. The molecule has 0 radical (unpaired) electrons. The lowest BCUT2D eigenvalue weighted by atomic mass is 9.79. The molecule has 0 unspecified atom stereocenters. The number of carbonyl (C=O) groups excluding carboxylic acids is 5. The van der Waals surface area contributed by atoms with Crippen LogP contribution < -0.4 is 26.4 Å². The fourth-order valence-electron chi connectivity index (χ4n) is 13.0. The molecule has 8 rings (SSSR count). The molecule has 1 aliphatic heterocycles. The van der Waals surface area contributed by atoms with Crippen LogP contribution in [0.25, 0.3) is 0 Å². The van der Waals surface area contributed by atoms with E-state index in [4.69, 9.17) is 92.7 Å². The Kier molecular flexibility index (Phi) is 59.7. The van der Waals surface area contributed by atoms with Gasteiger partial charge in [0, 0.05) is 42.8 Å². The van der Waals surface area contributed by atoms with Crippen LogP contribution in [0.4, 0.5) is 0 Å². The van der Waals surface area contributed by atoms with Gasteiger partial charge >= 0.3 is 54.9 Å². The number of aliphatic hydroxyl groups excluding tert-OH is 2. The molecule has 762 valence electrons. The maximum Gasteiger partial charge on any atom is 0.494 e. The van der Waals surface area contributed by atoms with Crippen LogP contribution in [0.1, 0.15) is 311 Å². The first-order valence-corrected chi connectivity index (χ1v) is 59.3. The standard InChI is InChI=1S/C22H33BO5.C16H21BrO3.C16H32O3Si.C11H24O3Si.C10H17BrO2.C10H23NO3Si.C10H18O3.C4H9NO3/c1-16(20(24)26-18-10-6-7-11-18)13-14-25-19-12-8-9-17(15-19)23-27-21(2,3)22(4,5)28-23;1-12(16(18)20-14-6-2-3-7-14)9-10-19-15-8-4-5-13(17)11-15;1-13(15(17)19-14-9-7-8-10-14)11-12-18-20(5,6)16(2,3)4;1-9(10(12)13)7-8-14-15(5,6)11(2,3)4;1-8(6-7-11)10(12)13-9-4-2-3-5-9;1-10(2,3)15(4,5)14-7-6-8(11)9(12)13;1-8(6-7-11)10(12)13-9-4-2-3-5-9;5-3(1-2-6)4(7)8/h8-9,12,15-16,18H,6-7,10-11,13-14H2,1-5H3;4-5,8,11-12,14H,2-3,6-7,9-10H2,1H3;13-14H,7-12H2,1-6H3;9H,7-8H2,1-6H3,(H,12,13);8-9H,2-7H2,1H3;8H,6-7,11H2,1-5H3,(H,12,13);8-9,11H,2-7H2,1H3;3,6H,1-2,5H2,(H,7,8)/t16-;12-;13-;9-;3*8-;3-/m00000000/s1. The SMILES string of the molecule is CC(C)(C)[Si](C)(C)OCC[C@H](N)C(=O)O.C[C@@H](CCBr)C(=O)OC1CCCC1.C[C@@H](CCO)C(=O)OC1CCCC1.C[C@@H](CCO[Si](C)(C)C(C)(C)C)C(=O)O.C[C@@H](CCO[Si](C)(C)C(C)(C)C)C(=O)OC1CCCC1.C[C@@H](CCOc1cccc(B2OC(C)(C)C(C)(C)O2)c1)C(=O)OC1CCCC1.C[C@@H](CCOc1cccc(Br)c1)C(=O)OC1CCCC1.N[C@@H](CCO)C(=O)O. The van der Waals surface area contributed by atoms with Gasteiger partial charge in [0.2, 0.25) is 0 Å². The number of carbonyl (C=O) groups is 8. The number of rotatable bonds is 40. The van der Waals surface area contributed by atoms with E-state index in [-0.39, 0.29) is 142 Å². The molecular formula is C99H177BBr2N2O25Si3. The average molecular weight is 2050 g/mol. The van der Waals surface area contributed by atoms with Crippen LogP contribution in [-0.4, -0.2) is 211 Å². The number of benzene rings is 2. The number of aliphatic carboxylic acids is 3. The molecule has 6 fully saturated rings. The van der Waals surface area contributed by atoms with Crippen molar-refractivity contribution in [2.24, 2.45) is 47.0 Å². The third-order valence-corrected chi connectivity index (χ3v) is 41.3. The Bertz CT molecular complexity index is 3500. The molecule has 1 saturated heterocycles. The molecule has 2 aromatic carbocycles. The third kappa shape index (κ3) is 51.1. The molecule has 0 bridgehead atoms. The maximum absolute atomic E-state index is 12.2. The van der Waals surface area contributed by atoms with E-state index >= 15 is 0 Å². The molecule has 27 nitrogen and oxygen atoms in total. The van der Waals surface area contributed by atoms with E-state index in [1.165, 1.54) is 51.4 Å². The minimum Gasteiger partial charge on any atom is -0.494 e. The minimum absolute atomic E-state index is 0.0219. The van der Waals surface area contributed by atoms with Crippen molar-refractivity contribution in [1.82, 2.24) is 0 Å². The number of hydrogen-bond donors (Lipinski definition) is 7. The number of carboxylic acids is 3. The number of halogens is 2. The van der Waals surface area contributed by atoms with Gasteiger partial charge < -0.3 is 92.7 Å².